The Morgan fingerprint density at radius 2 is 1.62 bits per heavy atom. The molecule has 138 valence electrons. The topological polar surface area (TPSA) is 108 Å². The summed E-state index contributed by atoms with van der Waals surface area (Å²) in [6.07, 6.45) is 3.89. The van der Waals surface area contributed by atoms with Crippen LogP contribution in [0.5, 0.6) is 0 Å². The van der Waals surface area contributed by atoms with Gasteiger partial charge in [0.15, 0.2) is 0 Å². The van der Waals surface area contributed by atoms with Crippen molar-refractivity contribution < 1.29 is 9.59 Å². The number of nitrogens with one attached hydrogen (secondary N) is 4. The molecule has 0 aliphatic rings. The van der Waals surface area contributed by atoms with Gasteiger partial charge in [0.1, 0.15) is 0 Å². The van der Waals surface area contributed by atoms with Crippen molar-refractivity contribution in [1.82, 2.24) is 26.1 Å². The molecule has 0 fully saturated rings. The number of nitrogens with zero attached hydrogens (tertiary/aromatic N) is 2. The van der Waals surface area contributed by atoms with E-state index in [0.717, 1.165) is 17.5 Å². The Bertz CT molecular complexity index is 715. The van der Waals surface area contributed by atoms with Crippen molar-refractivity contribution in [3.05, 3.63) is 53.3 Å². The summed E-state index contributed by atoms with van der Waals surface area (Å²) in [6.45, 7) is 5.29. The first-order chi connectivity index (χ1) is 12.6. The summed E-state index contributed by atoms with van der Waals surface area (Å²) in [5.41, 5.74) is 7.89. The lowest BCUT2D eigenvalue weighted by Crippen LogP contribution is -2.37. The molecule has 2 rings (SSSR count). The van der Waals surface area contributed by atoms with E-state index in [1.165, 1.54) is 19.3 Å². The number of hydrogen-bond acceptors (Lipinski definition) is 6. The lowest BCUT2D eigenvalue weighted by Gasteiger charge is -2.08. The highest BCUT2D eigenvalue weighted by Gasteiger charge is 2.06. The number of hydrazine groups is 1. The van der Waals surface area contributed by atoms with Crippen LogP contribution in [0.4, 0.5) is 5.95 Å². The van der Waals surface area contributed by atoms with E-state index in [-0.39, 0.29) is 11.8 Å². The minimum Gasteiger partial charge on any atom is -0.352 e. The first-order valence-corrected chi connectivity index (χ1v) is 8.50. The first kappa shape index (κ1) is 19.3. The quantitative estimate of drug-likeness (QED) is 0.399. The molecule has 0 spiro atoms. The summed E-state index contributed by atoms with van der Waals surface area (Å²) in [4.78, 5) is 31.1. The average Bonchev–Trinajstić information content (AvgIpc) is 2.66. The molecule has 0 unspecified atom stereocenters. The molecule has 1 heterocycles. The van der Waals surface area contributed by atoms with Gasteiger partial charge in [0.05, 0.1) is 5.56 Å². The van der Waals surface area contributed by atoms with Crippen LogP contribution < -0.4 is 21.5 Å². The molecule has 0 saturated carbocycles. The Morgan fingerprint density at radius 3 is 2.19 bits per heavy atom. The minimum atomic E-state index is -0.264. The van der Waals surface area contributed by atoms with Crippen LogP contribution in [0.3, 0.4) is 0 Å². The third kappa shape index (κ3) is 6.48. The summed E-state index contributed by atoms with van der Waals surface area (Å²) in [6, 6.07) is 7.88. The normalized spacial score (nSPS) is 10.2. The second-order valence-electron chi connectivity index (χ2n) is 5.76. The van der Waals surface area contributed by atoms with Gasteiger partial charge in [0.2, 0.25) is 11.9 Å². The number of aromatic nitrogens is 2. The maximum Gasteiger partial charge on any atom is 0.268 e. The van der Waals surface area contributed by atoms with Gasteiger partial charge in [0, 0.05) is 39.0 Å². The molecule has 26 heavy (non-hydrogen) atoms. The van der Waals surface area contributed by atoms with Crippen LogP contribution in [0.25, 0.3) is 0 Å². The van der Waals surface area contributed by atoms with Gasteiger partial charge in [-0.25, -0.2) is 15.4 Å². The summed E-state index contributed by atoms with van der Waals surface area (Å²) < 4.78 is 0. The third-order valence-electron chi connectivity index (χ3n) is 3.51. The number of rotatable bonds is 9. The number of amides is 2. The molecular weight excluding hydrogens is 332 g/mol. The summed E-state index contributed by atoms with van der Waals surface area (Å²) in [7, 11) is 0. The van der Waals surface area contributed by atoms with Gasteiger partial charge < -0.3 is 10.6 Å². The molecule has 0 saturated heterocycles. The number of carbonyl (C=O) groups is 2. The summed E-state index contributed by atoms with van der Waals surface area (Å²) >= 11 is 0. The highest BCUT2D eigenvalue weighted by molar-refractivity contribution is 5.93. The van der Waals surface area contributed by atoms with Crippen molar-refractivity contribution in [3.63, 3.8) is 0 Å². The molecule has 2 aromatic rings. The van der Waals surface area contributed by atoms with E-state index in [4.69, 9.17) is 0 Å². The molecule has 8 nitrogen and oxygen atoms in total. The molecule has 4 N–H and O–H groups in total. The molecular formula is C18H24N6O2. The zero-order valence-corrected chi connectivity index (χ0v) is 15.0. The molecule has 8 heteroatoms. The third-order valence-corrected chi connectivity index (χ3v) is 3.51. The monoisotopic (exact) mass is 356 g/mol. The summed E-state index contributed by atoms with van der Waals surface area (Å²) in [5.74, 6) is 0.135. The van der Waals surface area contributed by atoms with Crippen molar-refractivity contribution >= 4 is 17.8 Å². The maximum atomic E-state index is 11.8. The number of benzene rings is 1. The molecule has 1 aromatic heterocycles. The zero-order chi connectivity index (χ0) is 18.8. The van der Waals surface area contributed by atoms with Crippen molar-refractivity contribution in [3.8, 4) is 0 Å². The van der Waals surface area contributed by atoms with E-state index >= 15 is 0 Å². The molecule has 0 aliphatic heterocycles. The summed E-state index contributed by atoms with van der Waals surface area (Å²) in [5, 5.41) is 5.87. The number of anilines is 1. The smallest absolute Gasteiger partial charge is 0.268 e. The van der Waals surface area contributed by atoms with Crippen molar-refractivity contribution in [2.45, 2.75) is 33.4 Å². The Morgan fingerprint density at radius 1 is 1.00 bits per heavy atom. The van der Waals surface area contributed by atoms with Crippen LogP contribution in [-0.2, 0) is 17.9 Å². The van der Waals surface area contributed by atoms with Crippen molar-refractivity contribution in [1.29, 1.82) is 0 Å². The highest BCUT2D eigenvalue weighted by atomic mass is 16.2. The zero-order valence-electron chi connectivity index (χ0n) is 15.0. The van der Waals surface area contributed by atoms with Crippen LogP contribution >= 0.6 is 0 Å². The fourth-order valence-electron chi connectivity index (χ4n) is 2.06. The van der Waals surface area contributed by atoms with Crippen LogP contribution in [0.2, 0.25) is 0 Å². The molecule has 2 amide bonds. The Labute approximate surface area is 152 Å². The standard InChI is InChI=1S/C18H24N6O2/c1-3-8-23-24-17(26)16-11-21-18(22-12-16)20-10-15-6-4-14(5-7-15)9-19-13(2)25/h4-7,11-12,23H,3,8-10H2,1-2H3,(H,19,25)(H,24,26)(H,20,21,22). The van der Waals surface area contributed by atoms with E-state index in [0.29, 0.717) is 31.1 Å². The highest BCUT2D eigenvalue weighted by Crippen LogP contribution is 2.07. The maximum absolute atomic E-state index is 11.8. The fraction of sp³-hybridized carbons (Fsp3) is 0.333. The van der Waals surface area contributed by atoms with Crippen molar-refractivity contribution in [2.24, 2.45) is 0 Å². The molecule has 0 atom stereocenters. The second-order valence-corrected chi connectivity index (χ2v) is 5.76. The van der Waals surface area contributed by atoms with E-state index in [1.807, 2.05) is 31.2 Å². The first-order valence-electron chi connectivity index (χ1n) is 8.50. The lowest BCUT2D eigenvalue weighted by atomic mass is 10.1. The van der Waals surface area contributed by atoms with Gasteiger partial charge in [-0.2, -0.15) is 0 Å². The van der Waals surface area contributed by atoms with E-state index < -0.39 is 0 Å². The molecule has 0 aliphatic carbocycles. The number of carbonyl (C=O) groups excluding carboxylic acids is 2. The van der Waals surface area contributed by atoms with Gasteiger partial charge >= 0.3 is 0 Å². The van der Waals surface area contributed by atoms with Gasteiger partial charge in [0.25, 0.3) is 5.91 Å². The molecule has 0 radical (unpaired) electrons. The minimum absolute atomic E-state index is 0.0498. The predicted octanol–water partition coefficient (Wildman–Crippen LogP) is 1.37. The van der Waals surface area contributed by atoms with Crippen LogP contribution in [0.15, 0.2) is 36.7 Å². The van der Waals surface area contributed by atoms with Gasteiger partial charge in [-0.3, -0.25) is 15.0 Å². The Balaban J connectivity index is 1.82. The van der Waals surface area contributed by atoms with Gasteiger partial charge in [-0.05, 0) is 17.5 Å². The van der Waals surface area contributed by atoms with E-state index in [1.54, 1.807) is 0 Å². The molecule has 0 bridgehead atoms. The van der Waals surface area contributed by atoms with E-state index in [9.17, 15) is 9.59 Å². The average molecular weight is 356 g/mol. The Hall–Kier alpha value is -3.00. The van der Waals surface area contributed by atoms with Crippen LogP contribution in [0, 0.1) is 0 Å². The van der Waals surface area contributed by atoms with Gasteiger partial charge in [-0.1, -0.05) is 31.2 Å². The SMILES string of the molecule is CCCNNC(=O)c1cnc(NCc2ccc(CNC(C)=O)cc2)nc1. The predicted molar refractivity (Wildman–Crippen MR) is 99.1 cm³/mol. The second kappa shape index (κ2) is 10.1. The number of hydrogen-bond donors (Lipinski definition) is 4. The van der Waals surface area contributed by atoms with Crippen LogP contribution in [-0.4, -0.2) is 28.3 Å². The molecule has 1 aromatic carbocycles. The Kier molecular flexibility index (Phi) is 7.50. The fourth-order valence-corrected chi connectivity index (χ4v) is 2.06. The lowest BCUT2D eigenvalue weighted by molar-refractivity contribution is -0.119. The van der Waals surface area contributed by atoms with Crippen molar-refractivity contribution in [2.75, 3.05) is 11.9 Å². The largest absolute Gasteiger partial charge is 0.352 e. The van der Waals surface area contributed by atoms with E-state index in [2.05, 4.69) is 31.5 Å². The van der Waals surface area contributed by atoms with Gasteiger partial charge in [-0.15, -0.1) is 0 Å². The van der Waals surface area contributed by atoms with Crippen LogP contribution in [0.1, 0.15) is 41.8 Å².